The standard InChI is InChI=1S/C35H41Cl2N15O5/c1-47-20-22(16-23(47)32(54)42-28-17-24(48(2)44-28)31(53)40-13-10-27(38)39)41-33(55)25-18-29(45-49(25)3)43-34(56)26-19-30(46-50(26)4)52(51(14-11-36)15-12-37)35(57)21-8-6-5-7-9-21/h5-9,16-20H,10-15H2,1-4H3,(H3,38,39)(H,40,53)(H,41,55)(H,42,44,54)(H,43,45,56). The molecule has 0 aliphatic carbocycles. The van der Waals surface area contributed by atoms with Gasteiger partial charge in [-0.3, -0.25) is 43.4 Å². The maximum atomic E-state index is 13.7. The zero-order valence-corrected chi connectivity index (χ0v) is 32.9. The maximum absolute atomic E-state index is 13.7. The number of carbonyl (C=O) groups is 5. The summed E-state index contributed by atoms with van der Waals surface area (Å²) in [4.78, 5) is 66.2. The quantitative estimate of drug-likeness (QED) is 0.0346. The maximum Gasteiger partial charge on any atom is 0.275 e. The molecule has 0 spiro atoms. The molecule has 0 radical (unpaired) electrons. The molecule has 5 rings (SSSR count). The van der Waals surface area contributed by atoms with Crippen LogP contribution in [0.5, 0.6) is 0 Å². The van der Waals surface area contributed by atoms with Crippen LogP contribution in [0.4, 0.5) is 23.1 Å². The van der Waals surface area contributed by atoms with Gasteiger partial charge in [0.1, 0.15) is 22.8 Å². The van der Waals surface area contributed by atoms with Gasteiger partial charge in [0, 0.05) is 96.0 Å². The van der Waals surface area contributed by atoms with Gasteiger partial charge in [0.05, 0.1) is 11.5 Å². The van der Waals surface area contributed by atoms with Crippen LogP contribution in [0.25, 0.3) is 0 Å². The number of aryl methyl sites for hydroxylation is 4. The van der Waals surface area contributed by atoms with Gasteiger partial charge >= 0.3 is 0 Å². The van der Waals surface area contributed by atoms with Gasteiger partial charge in [-0.1, -0.05) is 18.2 Å². The molecule has 0 saturated heterocycles. The summed E-state index contributed by atoms with van der Waals surface area (Å²) in [5, 5.41) is 33.9. The van der Waals surface area contributed by atoms with E-state index in [2.05, 4.69) is 36.6 Å². The van der Waals surface area contributed by atoms with Crippen molar-refractivity contribution in [1.29, 1.82) is 5.41 Å². The normalized spacial score (nSPS) is 11.0. The molecule has 0 aliphatic heterocycles. The fourth-order valence-corrected chi connectivity index (χ4v) is 6.04. The number of nitrogens with zero attached hydrogens (tertiary/aromatic N) is 9. The third-order valence-electron chi connectivity index (χ3n) is 8.38. The average Bonchev–Trinajstić information content (AvgIpc) is 3.93. The van der Waals surface area contributed by atoms with Crippen LogP contribution in [-0.2, 0) is 28.2 Å². The highest BCUT2D eigenvalue weighted by molar-refractivity contribution is 6.18. The molecule has 20 nitrogen and oxygen atoms in total. The van der Waals surface area contributed by atoms with Crippen molar-refractivity contribution in [2.45, 2.75) is 6.42 Å². The van der Waals surface area contributed by atoms with Crippen LogP contribution in [0.15, 0.2) is 60.8 Å². The molecule has 0 bridgehead atoms. The number of nitrogens with two attached hydrogens (primary N) is 1. The van der Waals surface area contributed by atoms with E-state index in [1.165, 1.54) is 61.1 Å². The van der Waals surface area contributed by atoms with Gasteiger partial charge in [0.15, 0.2) is 17.5 Å². The van der Waals surface area contributed by atoms with E-state index >= 15 is 0 Å². The van der Waals surface area contributed by atoms with E-state index in [-0.39, 0.29) is 83.9 Å². The first kappa shape index (κ1) is 41.6. The topological polar surface area (TPSA) is 248 Å². The minimum atomic E-state index is -0.609. The van der Waals surface area contributed by atoms with Crippen LogP contribution in [0.3, 0.4) is 0 Å². The van der Waals surface area contributed by atoms with Crippen molar-refractivity contribution < 1.29 is 24.0 Å². The second-order valence-electron chi connectivity index (χ2n) is 12.5. The lowest BCUT2D eigenvalue weighted by Crippen LogP contribution is -2.49. The lowest BCUT2D eigenvalue weighted by molar-refractivity contribution is 0.0899. The number of anilines is 4. The number of hydrogen-bond acceptors (Lipinski definition) is 10. The minimum Gasteiger partial charge on any atom is -0.388 e. The molecular formula is C35H41Cl2N15O5. The summed E-state index contributed by atoms with van der Waals surface area (Å²) in [6.45, 7) is 0.726. The number of hydrogen-bond donors (Lipinski definition) is 6. The summed E-state index contributed by atoms with van der Waals surface area (Å²) in [5.74, 6) is -1.90. The Morgan fingerprint density at radius 3 is 1.82 bits per heavy atom. The smallest absolute Gasteiger partial charge is 0.275 e. The Kier molecular flexibility index (Phi) is 13.5. The Morgan fingerprint density at radius 2 is 1.25 bits per heavy atom. The van der Waals surface area contributed by atoms with Crippen LogP contribution >= 0.6 is 23.2 Å². The zero-order chi connectivity index (χ0) is 41.4. The highest BCUT2D eigenvalue weighted by atomic mass is 35.5. The highest BCUT2D eigenvalue weighted by Gasteiger charge is 2.29. The van der Waals surface area contributed by atoms with Gasteiger partial charge in [0.2, 0.25) is 0 Å². The molecular weight excluding hydrogens is 781 g/mol. The molecule has 0 aliphatic rings. The predicted molar refractivity (Wildman–Crippen MR) is 214 cm³/mol. The SMILES string of the molecule is Cn1cc(NC(=O)c2cc(NC(=O)c3cc(N(C(=O)c4ccccc4)N(CCCl)CCCl)nn3C)nn2C)cc1C(=O)Nc1cc(C(=O)NCCC(=N)N)n(C)n1. The Balaban J connectivity index is 1.26. The van der Waals surface area contributed by atoms with Gasteiger partial charge in [-0.25, -0.2) is 10.0 Å². The molecule has 0 fully saturated rings. The molecule has 300 valence electrons. The lowest BCUT2D eigenvalue weighted by atomic mass is 10.2. The molecule has 4 aromatic heterocycles. The Hall–Kier alpha value is -6.51. The largest absolute Gasteiger partial charge is 0.388 e. The number of aromatic nitrogens is 7. The predicted octanol–water partition coefficient (Wildman–Crippen LogP) is 2.38. The Bertz CT molecular complexity index is 2290. The third kappa shape index (κ3) is 10.0. The highest BCUT2D eigenvalue weighted by Crippen LogP contribution is 2.22. The van der Waals surface area contributed by atoms with Gasteiger partial charge < -0.3 is 31.6 Å². The zero-order valence-electron chi connectivity index (χ0n) is 31.4. The second-order valence-corrected chi connectivity index (χ2v) is 13.3. The molecule has 0 saturated carbocycles. The van der Waals surface area contributed by atoms with E-state index in [1.54, 1.807) is 56.5 Å². The van der Waals surface area contributed by atoms with E-state index in [1.807, 2.05) is 0 Å². The number of halogens is 2. The molecule has 57 heavy (non-hydrogen) atoms. The number of carbonyl (C=O) groups excluding carboxylic acids is 5. The molecule has 4 heterocycles. The van der Waals surface area contributed by atoms with Crippen LogP contribution in [0.2, 0.25) is 0 Å². The van der Waals surface area contributed by atoms with Gasteiger partial charge in [-0.2, -0.15) is 15.3 Å². The fourth-order valence-electron chi connectivity index (χ4n) is 5.65. The molecule has 1 aromatic carbocycles. The fraction of sp³-hybridized carbons (Fsp3) is 0.286. The number of nitrogens with one attached hydrogen (secondary N) is 5. The van der Waals surface area contributed by atoms with Crippen LogP contribution in [-0.4, -0.2) is 106 Å². The summed E-state index contributed by atoms with van der Waals surface area (Å²) < 4.78 is 5.40. The number of alkyl halides is 2. The van der Waals surface area contributed by atoms with Gasteiger partial charge in [0.25, 0.3) is 29.5 Å². The third-order valence-corrected chi connectivity index (χ3v) is 8.72. The number of hydrazine groups is 1. The van der Waals surface area contributed by atoms with Gasteiger partial charge in [-0.15, -0.1) is 23.2 Å². The average molecular weight is 823 g/mol. The van der Waals surface area contributed by atoms with E-state index in [0.717, 1.165) is 0 Å². The van der Waals surface area contributed by atoms with Crippen molar-refractivity contribution in [3.8, 4) is 0 Å². The van der Waals surface area contributed by atoms with Crippen molar-refractivity contribution in [3.63, 3.8) is 0 Å². The number of amides is 5. The first-order valence-electron chi connectivity index (χ1n) is 17.3. The number of amidine groups is 1. The molecule has 22 heteroatoms. The van der Waals surface area contributed by atoms with Crippen LogP contribution in [0, 0.1) is 5.41 Å². The van der Waals surface area contributed by atoms with Crippen molar-refractivity contribution in [1.82, 2.24) is 44.2 Å². The summed E-state index contributed by atoms with van der Waals surface area (Å²) in [5.41, 5.74) is 6.55. The molecule has 0 atom stereocenters. The van der Waals surface area contributed by atoms with E-state index in [0.29, 0.717) is 11.3 Å². The lowest BCUT2D eigenvalue weighted by Gasteiger charge is -2.32. The van der Waals surface area contributed by atoms with E-state index < -0.39 is 29.5 Å². The summed E-state index contributed by atoms with van der Waals surface area (Å²) in [7, 11) is 6.23. The van der Waals surface area contributed by atoms with Crippen molar-refractivity contribution >= 4 is 81.7 Å². The summed E-state index contributed by atoms with van der Waals surface area (Å²) in [6, 6.07) is 14.3. The van der Waals surface area contributed by atoms with Crippen LogP contribution < -0.4 is 32.0 Å². The van der Waals surface area contributed by atoms with Gasteiger partial charge in [-0.05, 0) is 18.2 Å². The molecule has 0 unspecified atom stereocenters. The van der Waals surface area contributed by atoms with Crippen LogP contribution in [0.1, 0.15) is 58.7 Å². The monoisotopic (exact) mass is 821 g/mol. The van der Waals surface area contributed by atoms with E-state index in [9.17, 15) is 24.0 Å². The van der Waals surface area contributed by atoms with Crippen molar-refractivity contribution in [2.75, 3.05) is 52.4 Å². The molecule has 5 aromatic rings. The summed E-state index contributed by atoms with van der Waals surface area (Å²) in [6.07, 6.45) is 1.72. The Labute approximate surface area is 336 Å². The summed E-state index contributed by atoms with van der Waals surface area (Å²) >= 11 is 12.1. The molecule has 7 N–H and O–H groups in total. The van der Waals surface area contributed by atoms with Crippen molar-refractivity contribution in [2.24, 2.45) is 33.9 Å². The first-order chi connectivity index (χ1) is 27.2. The first-order valence-corrected chi connectivity index (χ1v) is 18.4. The second kappa shape index (κ2) is 18.4. The number of rotatable bonds is 17. The minimum absolute atomic E-state index is 0.0605. The molecule has 5 amide bonds. The van der Waals surface area contributed by atoms with E-state index in [4.69, 9.17) is 34.3 Å². The number of benzene rings is 1. The Morgan fingerprint density at radius 1 is 0.719 bits per heavy atom. The van der Waals surface area contributed by atoms with Crippen molar-refractivity contribution in [3.05, 3.63) is 89.1 Å².